The number of amides is 2. The summed E-state index contributed by atoms with van der Waals surface area (Å²) >= 11 is 0. The highest BCUT2D eigenvalue weighted by atomic mass is 16.6. The fraction of sp³-hybridized carbons (Fsp3) is 0.231. The van der Waals surface area contributed by atoms with E-state index in [1.54, 1.807) is 13.8 Å². The molecule has 0 aromatic heterocycles. The maximum absolute atomic E-state index is 13.3. The highest BCUT2D eigenvalue weighted by Crippen LogP contribution is 2.47. The van der Waals surface area contributed by atoms with E-state index < -0.39 is 24.5 Å². The molecular formula is C26H27N3O4. The van der Waals surface area contributed by atoms with Gasteiger partial charge in [-0.15, -0.1) is 0 Å². The summed E-state index contributed by atoms with van der Waals surface area (Å²) in [6.45, 7) is 3.83. The Morgan fingerprint density at radius 1 is 0.636 bits per heavy atom. The second-order valence-electron chi connectivity index (χ2n) is 7.40. The summed E-state index contributed by atoms with van der Waals surface area (Å²) in [4.78, 5) is 28.7. The highest BCUT2D eigenvalue weighted by Gasteiger charge is 2.53. The molecule has 1 heterocycles. The number of carbonyl (C=O) groups is 2. The van der Waals surface area contributed by atoms with Crippen molar-refractivity contribution in [1.29, 1.82) is 0 Å². The van der Waals surface area contributed by atoms with Crippen molar-refractivity contribution in [1.82, 2.24) is 10.0 Å². The highest BCUT2D eigenvalue weighted by molar-refractivity contribution is 5.78. The molecule has 1 fully saturated rings. The minimum Gasteiger partial charge on any atom is -0.448 e. The molecule has 0 N–H and O–H groups in total. The predicted octanol–water partition coefficient (Wildman–Crippen LogP) is 5.74. The van der Waals surface area contributed by atoms with Gasteiger partial charge in [-0.05, 0) is 37.1 Å². The zero-order chi connectivity index (χ0) is 23.2. The Morgan fingerprint density at radius 2 is 1.00 bits per heavy atom. The van der Waals surface area contributed by atoms with Crippen molar-refractivity contribution in [3.8, 4) is 0 Å². The van der Waals surface area contributed by atoms with Crippen LogP contribution in [0, 0.1) is 0 Å². The zero-order valence-corrected chi connectivity index (χ0v) is 18.7. The van der Waals surface area contributed by atoms with Crippen LogP contribution in [0.15, 0.2) is 91.0 Å². The van der Waals surface area contributed by atoms with Crippen molar-refractivity contribution in [2.45, 2.75) is 26.2 Å². The molecule has 1 saturated heterocycles. The molecule has 0 saturated carbocycles. The molecule has 1 aliphatic rings. The van der Waals surface area contributed by atoms with Crippen molar-refractivity contribution in [3.05, 3.63) is 102 Å². The van der Waals surface area contributed by atoms with Gasteiger partial charge in [0.15, 0.2) is 12.3 Å². The first-order valence-corrected chi connectivity index (χ1v) is 11.0. The number of hydrogen-bond donors (Lipinski definition) is 0. The summed E-state index contributed by atoms with van der Waals surface area (Å²) in [7, 11) is 0. The maximum atomic E-state index is 13.3. The van der Waals surface area contributed by atoms with Gasteiger partial charge in [-0.2, -0.15) is 10.0 Å². The Morgan fingerprint density at radius 3 is 1.36 bits per heavy atom. The second kappa shape index (κ2) is 10.1. The van der Waals surface area contributed by atoms with Crippen LogP contribution in [0.2, 0.25) is 0 Å². The topological polar surface area (TPSA) is 62.3 Å². The van der Waals surface area contributed by atoms with E-state index >= 15 is 0 Å². The van der Waals surface area contributed by atoms with Crippen LogP contribution in [0.25, 0.3) is 0 Å². The monoisotopic (exact) mass is 445 g/mol. The summed E-state index contributed by atoms with van der Waals surface area (Å²) in [5.74, 6) is 0. The quantitative estimate of drug-likeness (QED) is 0.501. The van der Waals surface area contributed by atoms with Gasteiger partial charge < -0.3 is 14.4 Å². The van der Waals surface area contributed by atoms with Gasteiger partial charge in [-0.3, -0.25) is 0 Å². The Hall–Kier alpha value is -4.00. The number of ether oxygens (including phenoxy) is 2. The molecule has 3 aromatic carbocycles. The molecular weight excluding hydrogens is 418 g/mol. The molecule has 0 radical (unpaired) electrons. The SMILES string of the molecule is CCOC(=O)N1[C@H](c2ccccc2)N(c2ccccc2)[C@@H](c2ccccc2)N1C(=O)OCC. The lowest BCUT2D eigenvalue weighted by atomic mass is 10.1. The van der Waals surface area contributed by atoms with E-state index in [1.807, 2.05) is 95.9 Å². The molecule has 0 spiro atoms. The molecule has 33 heavy (non-hydrogen) atoms. The van der Waals surface area contributed by atoms with Gasteiger partial charge in [0.1, 0.15) is 0 Å². The van der Waals surface area contributed by atoms with Crippen molar-refractivity contribution in [2.75, 3.05) is 18.1 Å². The third kappa shape index (κ3) is 4.35. The van der Waals surface area contributed by atoms with Gasteiger partial charge in [-0.25, -0.2) is 9.59 Å². The van der Waals surface area contributed by atoms with Gasteiger partial charge in [0.2, 0.25) is 0 Å². The lowest BCUT2D eigenvalue weighted by molar-refractivity contribution is -0.0218. The standard InChI is InChI=1S/C26H27N3O4/c1-3-32-25(30)28-23(20-14-8-5-9-15-20)27(22-18-12-7-13-19-22)24(21-16-10-6-11-17-21)29(28)26(31)33-4-2/h5-19,23-24H,3-4H2,1-2H3/t23-,24-/m1/s1. The number of nitrogens with zero attached hydrogens (tertiary/aromatic N) is 3. The van der Waals surface area contributed by atoms with E-state index in [2.05, 4.69) is 0 Å². The molecule has 1 aliphatic heterocycles. The maximum Gasteiger partial charge on any atom is 0.431 e. The van der Waals surface area contributed by atoms with Crippen LogP contribution < -0.4 is 4.90 Å². The largest absolute Gasteiger partial charge is 0.448 e. The van der Waals surface area contributed by atoms with Crippen molar-refractivity contribution in [3.63, 3.8) is 0 Å². The summed E-state index contributed by atoms with van der Waals surface area (Å²) < 4.78 is 10.8. The predicted molar refractivity (Wildman–Crippen MR) is 125 cm³/mol. The number of para-hydroxylation sites is 1. The van der Waals surface area contributed by atoms with Crippen LogP contribution in [-0.4, -0.2) is 35.4 Å². The number of hydrazine groups is 1. The number of hydrogen-bond acceptors (Lipinski definition) is 5. The lowest BCUT2D eigenvalue weighted by Gasteiger charge is -2.31. The van der Waals surface area contributed by atoms with Crippen molar-refractivity contribution in [2.24, 2.45) is 0 Å². The average molecular weight is 446 g/mol. The lowest BCUT2D eigenvalue weighted by Crippen LogP contribution is -2.47. The van der Waals surface area contributed by atoms with E-state index in [0.717, 1.165) is 16.8 Å². The fourth-order valence-corrected chi connectivity index (χ4v) is 4.10. The molecule has 0 aliphatic carbocycles. The van der Waals surface area contributed by atoms with Crippen molar-refractivity contribution < 1.29 is 19.1 Å². The summed E-state index contributed by atoms with van der Waals surface area (Å²) in [5.41, 5.74) is 2.52. The Labute approximate surface area is 193 Å². The molecule has 0 unspecified atom stereocenters. The minimum atomic E-state index is -0.637. The van der Waals surface area contributed by atoms with Crippen LogP contribution >= 0.6 is 0 Å². The second-order valence-corrected chi connectivity index (χ2v) is 7.40. The van der Waals surface area contributed by atoms with E-state index in [4.69, 9.17) is 9.47 Å². The van der Waals surface area contributed by atoms with Gasteiger partial charge in [0.05, 0.1) is 13.2 Å². The van der Waals surface area contributed by atoms with E-state index in [1.165, 1.54) is 10.0 Å². The van der Waals surface area contributed by atoms with Gasteiger partial charge >= 0.3 is 12.2 Å². The van der Waals surface area contributed by atoms with Gasteiger partial charge in [-0.1, -0.05) is 78.9 Å². The Bertz CT molecular complexity index is 995. The van der Waals surface area contributed by atoms with E-state index in [-0.39, 0.29) is 13.2 Å². The normalized spacial score (nSPS) is 17.7. The third-order valence-corrected chi connectivity index (χ3v) is 5.38. The molecule has 0 bridgehead atoms. The Balaban J connectivity index is 1.97. The summed E-state index contributed by atoms with van der Waals surface area (Å²) in [5, 5.41) is 2.73. The first-order chi connectivity index (χ1) is 16.2. The summed E-state index contributed by atoms with van der Waals surface area (Å²) in [6.07, 6.45) is -2.53. The minimum absolute atomic E-state index is 0.175. The van der Waals surface area contributed by atoms with Crippen LogP contribution in [0.4, 0.5) is 15.3 Å². The summed E-state index contributed by atoms with van der Waals surface area (Å²) in [6, 6.07) is 28.9. The van der Waals surface area contributed by atoms with Crippen LogP contribution in [0.3, 0.4) is 0 Å². The number of anilines is 1. The molecule has 7 heteroatoms. The van der Waals surface area contributed by atoms with Gasteiger partial charge in [0, 0.05) is 5.69 Å². The smallest absolute Gasteiger partial charge is 0.431 e. The molecule has 170 valence electrons. The Kier molecular flexibility index (Phi) is 6.78. The molecule has 3 aromatic rings. The molecule has 4 rings (SSSR count). The average Bonchev–Trinajstić information content (AvgIpc) is 3.22. The van der Waals surface area contributed by atoms with Crippen LogP contribution in [0.1, 0.15) is 37.3 Å². The van der Waals surface area contributed by atoms with Crippen molar-refractivity contribution >= 4 is 17.9 Å². The van der Waals surface area contributed by atoms with E-state index in [0.29, 0.717) is 0 Å². The first-order valence-electron chi connectivity index (χ1n) is 11.0. The van der Waals surface area contributed by atoms with Crippen LogP contribution in [-0.2, 0) is 9.47 Å². The van der Waals surface area contributed by atoms with Gasteiger partial charge in [0.25, 0.3) is 0 Å². The number of rotatable bonds is 5. The zero-order valence-electron chi connectivity index (χ0n) is 18.7. The number of benzene rings is 3. The molecule has 2 amide bonds. The van der Waals surface area contributed by atoms with Crippen LogP contribution in [0.5, 0.6) is 0 Å². The third-order valence-electron chi connectivity index (χ3n) is 5.38. The molecule has 7 nitrogen and oxygen atoms in total. The first kappa shape index (κ1) is 22.2. The number of carbonyl (C=O) groups excluding carboxylic acids is 2. The fourth-order valence-electron chi connectivity index (χ4n) is 4.10. The molecule has 2 atom stereocenters. The van der Waals surface area contributed by atoms with E-state index in [9.17, 15) is 9.59 Å².